The van der Waals surface area contributed by atoms with Crippen molar-refractivity contribution in [1.29, 1.82) is 0 Å². The quantitative estimate of drug-likeness (QED) is 0.205. The number of rotatable bonds is 13. The Bertz CT molecular complexity index is 450. The molecule has 0 saturated heterocycles. The van der Waals surface area contributed by atoms with Crippen LogP contribution < -0.4 is 29.6 Å². The third-order valence-corrected chi connectivity index (χ3v) is 4.28. The summed E-state index contributed by atoms with van der Waals surface area (Å²) >= 11 is 0. The van der Waals surface area contributed by atoms with Crippen LogP contribution in [0.3, 0.4) is 0 Å². The average Bonchev–Trinajstić information content (AvgIpc) is 2.43. The van der Waals surface area contributed by atoms with Crippen molar-refractivity contribution in [3.63, 3.8) is 0 Å². The van der Waals surface area contributed by atoms with Crippen LogP contribution in [-0.2, 0) is 24.7 Å². The first-order valence-electron chi connectivity index (χ1n) is 8.17. The molecular weight excluding hydrogens is 367 g/mol. The molecule has 0 radical (unpaired) electrons. The van der Waals surface area contributed by atoms with Crippen LogP contribution in [0.5, 0.6) is 0 Å². The van der Waals surface area contributed by atoms with Gasteiger partial charge in [0.15, 0.2) is 0 Å². The van der Waals surface area contributed by atoms with E-state index in [2.05, 4.69) is 11.1 Å². The molecule has 0 aromatic heterocycles. The molecule has 0 aliphatic carbocycles. The zero-order chi connectivity index (χ0) is 18.2. The van der Waals surface area contributed by atoms with Crippen LogP contribution in [0.4, 0.5) is 0 Å². The van der Waals surface area contributed by atoms with E-state index in [4.69, 9.17) is 4.55 Å². The van der Waals surface area contributed by atoms with Crippen LogP contribution in [0, 0.1) is 0 Å². The van der Waals surface area contributed by atoms with Crippen molar-refractivity contribution in [1.82, 2.24) is 0 Å². The summed E-state index contributed by atoms with van der Waals surface area (Å²) in [5.41, 5.74) is 0. The number of hydrogen-bond acceptors (Lipinski definition) is 6. The van der Waals surface area contributed by atoms with Gasteiger partial charge in [0.2, 0.25) is 10.4 Å². The van der Waals surface area contributed by atoms with Gasteiger partial charge in [-0.15, -0.1) is 0 Å². The molecule has 10 heteroatoms. The molecule has 7 nitrogen and oxygen atoms in total. The molecule has 0 spiro atoms. The Hall–Kier alpha value is 0.780. The predicted molar refractivity (Wildman–Crippen MR) is 89.6 cm³/mol. The van der Waals surface area contributed by atoms with Crippen LogP contribution >= 0.6 is 0 Å². The summed E-state index contributed by atoms with van der Waals surface area (Å²) in [7, 11) is -8.15. The maximum Gasteiger partial charge on any atom is 1.00 e. The van der Waals surface area contributed by atoms with Gasteiger partial charge in [0, 0.05) is 0 Å². The van der Waals surface area contributed by atoms with Crippen molar-refractivity contribution in [2.24, 2.45) is 0 Å². The van der Waals surface area contributed by atoms with E-state index in [0.29, 0.717) is 6.42 Å². The number of unbranched alkanes of at least 4 members (excludes halogenated alkanes) is 9. The SMILES string of the molecule is CCCCCCCCCCCCOS(=O)(=O)[O-].CCS(=O)(=O)O.[Na+]. The van der Waals surface area contributed by atoms with Crippen LogP contribution in [0.25, 0.3) is 0 Å². The Labute approximate surface area is 169 Å². The van der Waals surface area contributed by atoms with E-state index in [1.165, 1.54) is 51.9 Å². The van der Waals surface area contributed by atoms with Crippen molar-refractivity contribution in [3.05, 3.63) is 0 Å². The van der Waals surface area contributed by atoms with Gasteiger partial charge in [0.1, 0.15) is 0 Å². The molecule has 0 unspecified atom stereocenters. The van der Waals surface area contributed by atoms with E-state index in [9.17, 15) is 21.4 Å². The van der Waals surface area contributed by atoms with Crippen molar-refractivity contribution >= 4 is 20.5 Å². The topological polar surface area (TPSA) is 121 Å². The normalized spacial score (nSPS) is 11.3. The molecule has 0 bridgehead atoms. The second-order valence-electron chi connectivity index (χ2n) is 5.28. The maximum atomic E-state index is 10.1. The van der Waals surface area contributed by atoms with E-state index in [-0.39, 0.29) is 41.9 Å². The Morgan fingerprint density at radius 1 is 0.792 bits per heavy atom. The molecule has 0 aromatic carbocycles. The van der Waals surface area contributed by atoms with Crippen molar-refractivity contribution in [2.75, 3.05) is 12.4 Å². The summed E-state index contributed by atoms with van der Waals surface area (Å²) in [5.74, 6) is -0.201. The molecule has 0 rings (SSSR count). The fraction of sp³-hybridized carbons (Fsp3) is 1.00. The van der Waals surface area contributed by atoms with Gasteiger partial charge in [-0.3, -0.25) is 8.74 Å². The minimum atomic E-state index is -4.48. The molecular formula is C14H31NaO7S2. The van der Waals surface area contributed by atoms with Gasteiger partial charge in [-0.25, -0.2) is 8.42 Å². The van der Waals surface area contributed by atoms with E-state index in [1.54, 1.807) is 0 Å². The van der Waals surface area contributed by atoms with Gasteiger partial charge in [0.25, 0.3) is 10.1 Å². The summed E-state index contributed by atoms with van der Waals surface area (Å²) < 4.78 is 61.4. The van der Waals surface area contributed by atoms with Gasteiger partial charge < -0.3 is 4.55 Å². The zero-order valence-electron chi connectivity index (χ0n) is 15.2. The maximum absolute atomic E-state index is 10.1. The first-order valence-corrected chi connectivity index (χ1v) is 11.1. The fourth-order valence-electron chi connectivity index (χ4n) is 1.75. The van der Waals surface area contributed by atoms with Crippen molar-refractivity contribution in [2.45, 2.75) is 78.1 Å². The Morgan fingerprint density at radius 3 is 1.42 bits per heavy atom. The average molecular weight is 399 g/mol. The molecule has 0 aliphatic heterocycles. The van der Waals surface area contributed by atoms with Gasteiger partial charge in [-0.2, -0.15) is 8.42 Å². The molecule has 0 aliphatic rings. The molecule has 0 fully saturated rings. The van der Waals surface area contributed by atoms with Crippen LogP contribution in [-0.4, -0.2) is 38.3 Å². The first kappa shape index (κ1) is 29.5. The summed E-state index contributed by atoms with van der Waals surface area (Å²) in [6, 6.07) is 0. The third-order valence-electron chi connectivity index (χ3n) is 3.09. The Kier molecular flexibility index (Phi) is 22.9. The van der Waals surface area contributed by atoms with E-state index >= 15 is 0 Å². The van der Waals surface area contributed by atoms with Gasteiger partial charge in [-0.1, -0.05) is 64.7 Å². The van der Waals surface area contributed by atoms with Gasteiger partial charge >= 0.3 is 29.6 Å². The molecule has 0 atom stereocenters. The van der Waals surface area contributed by atoms with Gasteiger partial charge in [-0.05, 0) is 13.3 Å². The van der Waals surface area contributed by atoms with Crippen molar-refractivity contribution < 1.29 is 59.7 Å². The molecule has 24 heavy (non-hydrogen) atoms. The predicted octanol–water partition coefficient (Wildman–Crippen LogP) is 0.282. The molecule has 0 amide bonds. The summed E-state index contributed by atoms with van der Waals surface area (Å²) in [4.78, 5) is 0. The second-order valence-corrected chi connectivity index (χ2v) is 8.08. The molecule has 0 aromatic rings. The largest absolute Gasteiger partial charge is 1.00 e. The number of hydrogen-bond donors (Lipinski definition) is 1. The molecule has 142 valence electrons. The first-order chi connectivity index (χ1) is 10.6. The van der Waals surface area contributed by atoms with Crippen molar-refractivity contribution in [3.8, 4) is 0 Å². The second kappa shape index (κ2) is 18.6. The van der Waals surface area contributed by atoms with Gasteiger partial charge in [0.05, 0.1) is 12.4 Å². The van der Waals surface area contributed by atoms with E-state index in [1.807, 2.05) is 0 Å². The van der Waals surface area contributed by atoms with Crippen LogP contribution in [0.2, 0.25) is 0 Å². The van der Waals surface area contributed by atoms with Crippen LogP contribution in [0.1, 0.15) is 78.1 Å². The Morgan fingerprint density at radius 2 is 1.12 bits per heavy atom. The molecule has 1 N–H and O–H groups in total. The van der Waals surface area contributed by atoms with Crippen LogP contribution in [0.15, 0.2) is 0 Å². The monoisotopic (exact) mass is 398 g/mol. The minimum absolute atomic E-state index is 0. The standard InChI is InChI=1S/C12H26O4S.C2H6O3S.Na/c1-2-3-4-5-6-7-8-9-10-11-12-16-17(13,14)15;1-2-6(3,4)5;/h2-12H2,1H3,(H,13,14,15);2H2,1H3,(H,3,4,5);/q;;+1/p-1. The summed E-state index contributed by atoms with van der Waals surface area (Å²) in [5, 5.41) is 0. The zero-order valence-corrected chi connectivity index (χ0v) is 18.8. The molecule has 0 heterocycles. The fourth-order valence-corrected chi connectivity index (χ4v) is 2.07. The summed E-state index contributed by atoms with van der Waals surface area (Å²) in [6.45, 7) is 3.61. The smallest absolute Gasteiger partial charge is 0.726 e. The third kappa shape index (κ3) is 34.2. The Balaban J connectivity index is -0.000000538. The summed E-state index contributed by atoms with van der Waals surface area (Å²) in [6.07, 6.45) is 11.7. The van der Waals surface area contributed by atoms with E-state index in [0.717, 1.165) is 12.8 Å². The minimum Gasteiger partial charge on any atom is -0.726 e. The van der Waals surface area contributed by atoms with E-state index < -0.39 is 20.5 Å². The molecule has 0 saturated carbocycles.